The maximum Gasteiger partial charge on any atom is 0.338 e. The quantitative estimate of drug-likeness (QED) is 0.134. The lowest BCUT2D eigenvalue weighted by atomic mass is 9.95. The van der Waals surface area contributed by atoms with Gasteiger partial charge in [0.2, 0.25) is 0 Å². The Hall–Kier alpha value is -3.33. The summed E-state index contributed by atoms with van der Waals surface area (Å²) in [7, 11) is 1.45. The molecular formula is C27H30BrIN4O7. The predicted molar refractivity (Wildman–Crippen MR) is 161 cm³/mol. The van der Waals surface area contributed by atoms with Gasteiger partial charge in [0.1, 0.15) is 5.75 Å². The minimum absolute atomic E-state index is 0.0333. The van der Waals surface area contributed by atoms with E-state index in [2.05, 4.69) is 59.7 Å². The van der Waals surface area contributed by atoms with Crippen LogP contribution in [0.2, 0.25) is 0 Å². The molecule has 0 saturated carbocycles. The molecule has 0 aromatic heterocycles. The Morgan fingerprint density at radius 2 is 1.98 bits per heavy atom. The van der Waals surface area contributed by atoms with Crippen LogP contribution in [0.1, 0.15) is 44.9 Å². The maximum absolute atomic E-state index is 12.6. The molecule has 1 heterocycles. The van der Waals surface area contributed by atoms with Gasteiger partial charge in [-0.3, -0.25) is 4.79 Å². The molecule has 13 heteroatoms. The van der Waals surface area contributed by atoms with Crippen LogP contribution in [0, 0.1) is 3.57 Å². The summed E-state index contributed by atoms with van der Waals surface area (Å²) in [6.45, 7) is 7.04. The number of carbonyl (C=O) groups excluding carboxylic acids is 3. The van der Waals surface area contributed by atoms with Gasteiger partial charge in [-0.25, -0.2) is 15.0 Å². The summed E-state index contributed by atoms with van der Waals surface area (Å²) in [6, 6.07) is 7.44. The number of carbonyl (C=O) groups is 3. The van der Waals surface area contributed by atoms with E-state index in [0.717, 1.165) is 8.04 Å². The zero-order valence-electron chi connectivity index (χ0n) is 22.6. The zero-order valence-corrected chi connectivity index (χ0v) is 26.3. The third-order valence-electron chi connectivity index (χ3n) is 5.43. The minimum atomic E-state index is -0.765. The Morgan fingerprint density at radius 3 is 2.65 bits per heavy atom. The van der Waals surface area contributed by atoms with Crippen molar-refractivity contribution in [3.05, 3.63) is 60.8 Å². The molecule has 214 valence electrons. The van der Waals surface area contributed by atoms with Gasteiger partial charge in [0.15, 0.2) is 18.1 Å². The van der Waals surface area contributed by atoms with Crippen molar-refractivity contribution < 1.29 is 33.3 Å². The number of amides is 3. The van der Waals surface area contributed by atoms with Crippen LogP contribution in [-0.4, -0.2) is 50.5 Å². The molecule has 2 aromatic rings. The van der Waals surface area contributed by atoms with E-state index < -0.39 is 23.9 Å². The lowest BCUT2D eigenvalue weighted by molar-refractivity contribution is -0.139. The average molecular weight is 729 g/mol. The van der Waals surface area contributed by atoms with Gasteiger partial charge >= 0.3 is 12.0 Å². The van der Waals surface area contributed by atoms with Crippen LogP contribution in [0.25, 0.3) is 0 Å². The summed E-state index contributed by atoms with van der Waals surface area (Å²) in [4.78, 5) is 37.1. The van der Waals surface area contributed by atoms with Crippen molar-refractivity contribution in [2.75, 3.05) is 20.3 Å². The number of rotatable bonds is 11. The van der Waals surface area contributed by atoms with Crippen LogP contribution < -0.4 is 30.3 Å². The fourth-order valence-electron chi connectivity index (χ4n) is 3.79. The van der Waals surface area contributed by atoms with Crippen molar-refractivity contribution in [2.45, 2.75) is 39.8 Å². The van der Waals surface area contributed by atoms with Gasteiger partial charge in [-0.05, 0) is 80.1 Å². The van der Waals surface area contributed by atoms with Crippen LogP contribution in [0.15, 0.2) is 51.2 Å². The maximum atomic E-state index is 12.6. The Balaban J connectivity index is 1.70. The van der Waals surface area contributed by atoms with Crippen LogP contribution in [0.5, 0.6) is 17.2 Å². The van der Waals surface area contributed by atoms with E-state index in [1.807, 2.05) is 26.0 Å². The molecule has 0 fully saturated rings. The number of halogens is 2. The highest BCUT2D eigenvalue weighted by molar-refractivity contribution is 14.1. The van der Waals surface area contributed by atoms with Crippen molar-refractivity contribution in [3.8, 4) is 17.2 Å². The van der Waals surface area contributed by atoms with Gasteiger partial charge in [0.05, 0.1) is 41.2 Å². The molecule has 3 amide bonds. The van der Waals surface area contributed by atoms with Crippen molar-refractivity contribution in [1.29, 1.82) is 0 Å². The number of urea groups is 1. The first kappa shape index (κ1) is 31.2. The molecule has 0 saturated heterocycles. The third-order valence-corrected chi connectivity index (χ3v) is 6.69. The van der Waals surface area contributed by atoms with E-state index in [9.17, 15) is 14.4 Å². The Kier molecular flexibility index (Phi) is 11.2. The SMILES string of the molecule is CCOC(=O)C1=C(C)NC(=O)N[C@H]1c1ccc(OCC(=O)N/N=C/c2cc(Br)cc(I)c2OC(C)C)c(OC)c1. The van der Waals surface area contributed by atoms with E-state index in [0.29, 0.717) is 28.3 Å². The summed E-state index contributed by atoms with van der Waals surface area (Å²) in [5.41, 5.74) is 4.37. The number of esters is 1. The van der Waals surface area contributed by atoms with Gasteiger partial charge < -0.3 is 29.6 Å². The number of ether oxygens (including phenoxy) is 4. The highest BCUT2D eigenvalue weighted by Crippen LogP contribution is 2.35. The second kappa shape index (κ2) is 14.3. The lowest BCUT2D eigenvalue weighted by Crippen LogP contribution is -2.45. The molecule has 0 spiro atoms. The summed E-state index contributed by atoms with van der Waals surface area (Å²) in [5.74, 6) is 0.223. The van der Waals surface area contributed by atoms with Crippen LogP contribution in [0.4, 0.5) is 4.79 Å². The van der Waals surface area contributed by atoms with Crippen LogP contribution >= 0.6 is 38.5 Å². The first-order chi connectivity index (χ1) is 19.0. The minimum Gasteiger partial charge on any atom is -0.493 e. The second-order valence-electron chi connectivity index (χ2n) is 8.76. The zero-order chi connectivity index (χ0) is 29.4. The van der Waals surface area contributed by atoms with Crippen LogP contribution in [-0.2, 0) is 14.3 Å². The predicted octanol–water partition coefficient (Wildman–Crippen LogP) is 4.57. The molecule has 40 heavy (non-hydrogen) atoms. The molecule has 0 radical (unpaired) electrons. The third kappa shape index (κ3) is 8.10. The lowest BCUT2D eigenvalue weighted by Gasteiger charge is -2.28. The van der Waals surface area contributed by atoms with E-state index in [1.165, 1.54) is 13.3 Å². The summed E-state index contributed by atoms with van der Waals surface area (Å²) >= 11 is 5.64. The van der Waals surface area contributed by atoms with E-state index in [4.69, 9.17) is 18.9 Å². The average Bonchev–Trinajstić information content (AvgIpc) is 2.88. The van der Waals surface area contributed by atoms with Crippen LogP contribution in [0.3, 0.4) is 0 Å². The molecule has 1 atom stereocenters. The molecule has 11 nitrogen and oxygen atoms in total. The monoisotopic (exact) mass is 728 g/mol. The smallest absolute Gasteiger partial charge is 0.338 e. The number of benzene rings is 2. The number of nitrogens with zero attached hydrogens (tertiary/aromatic N) is 1. The fourth-order valence-corrected chi connectivity index (χ4v) is 5.47. The molecule has 0 unspecified atom stereocenters. The number of hydrazone groups is 1. The van der Waals surface area contributed by atoms with Gasteiger partial charge in [0.25, 0.3) is 5.91 Å². The van der Waals surface area contributed by atoms with E-state index in [-0.39, 0.29) is 30.6 Å². The molecule has 1 aliphatic heterocycles. The number of methoxy groups -OCH3 is 1. The number of hydrogen-bond donors (Lipinski definition) is 3. The van der Waals surface area contributed by atoms with E-state index in [1.54, 1.807) is 32.0 Å². The second-order valence-corrected chi connectivity index (χ2v) is 10.8. The number of nitrogens with one attached hydrogen (secondary N) is 3. The van der Waals surface area contributed by atoms with Crippen molar-refractivity contribution in [2.24, 2.45) is 5.10 Å². The number of hydrogen-bond acceptors (Lipinski definition) is 8. The Labute approximate surface area is 254 Å². The molecule has 3 N–H and O–H groups in total. The van der Waals surface area contributed by atoms with Crippen molar-refractivity contribution in [1.82, 2.24) is 16.1 Å². The summed E-state index contributed by atoms with van der Waals surface area (Å²) in [5, 5.41) is 9.37. The van der Waals surface area contributed by atoms with Crippen molar-refractivity contribution in [3.63, 3.8) is 0 Å². The van der Waals surface area contributed by atoms with Crippen molar-refractivity contribution >= 4 is 62.6 Å². The highest BCUT2D eigenvalue weighted by atomic mass is 127. The molecule has 0 aliphatic carbocycles. The Bertz CT molecular complexity index is 1350. The number of allylic oxidation sites excluding steroid dienone is 1. The molecule has 0 bridgehead atoms. The van der Waals surface area contributed by atoms with Gasteiger partial charge in [0, 0.05) is 15.7 Å². The summed E-state index contributed by atoms with van der Waals surface area (Å²) in [6.07, 6.45) is 1.47. The highest BCUT2D eigenvalue weighted by Gasteiger charge is 2.32. The van der Waals surface area contributed by atoms with E-state index >= 15 is 0 Å². The first-order valence-corrected chi connectivity index (χ1v) is 14.1. The molecule has 3 rings (SSSR count). The first-order valence-electron chi connectivity index (χ1n) is 12.3. The van der Waals surface area contributed by atoms with Gasteiger partial charge in [-0.2, -0.15) is 5.10 Å². The largest absolute Gasteiger partial charge is 0.493 e. The van der Waals surface area contributed by atoms with Gasteiger partial charge in [-0.15, -0.1) is 0 Å². The standard InChI is InChI=1S/C27H30BrIN4O7/c1-6-38-26(35)23-15(4)31-27(36)32-24(23)16-7-8-20(21(10-16)37-5)39-13-22(34)33-30-12-17-9-18(28)11-19(29)25(17)40-14(2)3/h7-12,14,24H,6,13H2,1-5H3,(H,33,34)(H2,31,32,36)/b30-12+/t24-/m0/s1. The fraction of sp³-hybridized carbons (Fsp3) is 0.333. The molecule has 2 aromatic carbocycles. The topological polar surface area (TPSA) is 137 Å². The van der Waals surface area contributed by atoms with Gasteiger partial charge in [-0.1, -0.05) is 22.0 Å². The Morgan fingerprint density at radius 1 is 1.23 bits per heavy atom. The molecule has 1 aliphatic rings. The molecular weight excluding hydrogens is 699 g/mol. The normalized spacial score (nSPS) is 15.0. The summed E-state index contributed by atoms with van der Waals surface area (Å²) < 4.78 is 23.9.